The quantitative estimate of drug-likeness (QED) is 0.352. The van der Waals surface area contributed by atoms with Gasteiger partial charge >= 0.3 is 0 Å². The van der Waals surface area contributed by atoms with Gasteiger partial charge in [-0.1, -0.05) is 41.4 Å². The number of para-hydroxylation sites is 1. The summed E-state index contributed by atoms with van der Waals surface area (Å²) in [5.41, 5.74) is 3.69. The van der Waals surface area contributed by atoms with Gasteiger partial charge in [0, 0.05) is 29.1 Å². The number of hydrogen-bond donors (Lipinski definition) is 0. The minimum atomic E-state index is -0.152. The number of halogens is 2. The maximum Gasteiger partial charge on any atom is 0.297 e. The second-order valence-corrected chi connectivity index (χ2v) is 9.19. The average Bonchev–Trinajstić information content (AvgIpc) is 3.24. The summed E-state index contributed by atoms with van der Waals surface area (Å²) in [6, 6.07) is 15.1. The lowest BCUT2D eigenvalue weighted by Gasteiger charge is -2.14. The van der Waals surface area contributed by atoms with Crippen LogP contribution in [-0.2, 0) is 7.05 Å². The van der Waals surface area contributed by atoms with Crippen LogP contribution in [-0.4, -0.2) is 13.9 Å². The zero-order valence-corrected chi connectivity index (χ0v) is 20.0. The summed E-state index contributed by atoms with van der Waals surface area (Å²) in [4.78, 5) is 18.8. The van der Waals surface area contributed by atoms with Crippen LogP contribution < -0.4 is 10.4 Å². The van der Waals surface area contributed by atoms with E-state index in [2.05, 4.69) is 18.4 Å². The molecule has 0 aliphatic heterocycles. The SMILES string of the molecule is Cc1c(N=c2scc(-c3ccc(Cl)cc3Cl)n2C(C)C)c(=O)n(-c2ccccc2)n1C. The van der Waals surface area contributed by atoms with Gasteiger partial charge in [-0.15, -0.1) is 11.3 Å². The lowest BCUT2D eigenvalue weighted by Crippen LogP contribution is -2.21. The Bertz CT molecular complexity index is 1380. The van der Waals surface area contributed by atoms with Crippen molar-refractivity contribution in [2.75, 3.05) is 0 Å². The number of rotatable bonds is 4. The molecular weight excluding hydrogens is 451 g/mol. The number of aromatic nitrogens is 3. The zero-order chi connectivity index (χ0) is 22.3. The van der Waals surface area contributed by atoms with Crippen molar-refractivity contribution in [3.63, 3.8) is 0 Å². The van der Waals surface area contributed by atoms with Gasteiger partial charge in [0.15, 0.2) is 10.5 Å². The van der Waals surface area contributed by atoms with E-state index in [1.807, 2.05) is 66.5 Å². The molecular formula is C23H22Cl2N4OS. The Morgan fingerprint density at radius 2 is 1.77 bits per heavy atom. The molecule has 0 spiro atoms. The minimum absolute atomic E-state index is 0.118. The van der Waals surface area contributed by atoms with Crippen LogP contribution in [0.5, 0.6) is 0 Å². The van der Waals surface area contributed by atoms with Crippen LogP contribution in [0, 0.1) is 6.92 Å². The van der Waals surface area contributed by atoms with Crippen LogP contribution in [0.3, 0.4) is 0 Å². The Labute approximate surface area is 194 Å². The lowest BCUT2D eigenvalue weighted by molar-refractivity contribution is 0.591. The van der Waals surface area contributed by atoms with E-state index in [0.717, 1.165) is 27.4 Å². The lowest BCUT2D eigenvalue weighted by atomic mass is 10.1. The first-order chi connectivity index (χ1) is 14.8. The second-order valence-electron chi connectivity index (χ2n) is 7.51. The summed E-state index contributed by atoms with van der Waals surface area (Å²) in [7, 11) is 1.87. The molecule has 0 bridgehead atoms. The predicted molar refractivity (Wildman–Crippen MR) is 129 cm³/mol. The monoisotopic (exact) mass is 472 g/mol. The molecule has 4 aromatic rings. The van der Waals surface area contributed by atoms with E-state index in [4.69, 9.17) is 28.2 Å². The van der Waals surface area contributed by atoms with E-state index in [-0.39, 0.29) is 11.6 Å². The Morgan fingerprint density at radius 3 is 2.42 bits per heavy atom. The number of hydrogen-bond acceptors (Lipinski definition) is 3. The highest BCUT2D eigenvalue weighted by Crippen LogP contribution is 2.32. The molecule has 160 valence electrons. The molecule has 0 saturated carbocycles. The highest BCUT2D eigenvalue weighted by Gasteiger charge is 2.18. The van der Waals surface area contributed by atoms with Gasteiger partial charge < -0.3 is 4.57 Å². The van der Waals surface area contributed by atoms with E-state index in [1.165, 1.54) is 11.3 Å². The summed E-state index contributed by atoms with van der Waals surface area (Å²) < 4.78 is 5.57. The third-order valence-electron chi connectivity index (χ3n) is 5.20. The highest BCUT2D eigenvalue weighted by molar-refractivity contribution is 7.07. The molecule has 0 aliphatic carbocycles. The summed E-state index contributed by atoms with van der Waals surface area (Å²) in [5, 5.41) is 3.18. The molecule has 0 fully saturated rings. The summed E-state index contributed by atoms with van der Waals surface area (Å²) in [6.45, 7) is 6.07. The van der Waals surface area contributed by atoms with Gasteiger partial charge in [0.1, 0.15) is 0 Å². The molecule has 2 heterocycles. The predicted octanol–water partition coefficient (Wildman–Crippen LogP) is 6.13. The Morgan fingerprint density at radius 1 is 1.06 bits per heavy atom. The van der Waals surface area contributed by atoms with Crippen molar-refractivity contribution in [1.82, 2.24) is 13.9 Å². The summed E-state index contributed by atoms with van der Waals surface area (Å²) in [5.74, 6) is 0. The van der Waals surface area contributed by atoms with Gasteiger partial charge in [0.05, 0.1) is 22.1 Å². The first-order valence-corrected chi connectivity index (χ1v) is 11.5. The van der Waals surface area contributed by atoms with Crippen molar-refractivity contribution < 1.29 is 0 Å². The third kappa shape index (κ3) is 3.91. The van der Waals surface area contributed by atoms with Crippen molar-refractivity contribution in [2.45, 2.75) is 26.8 Å². The molecule has 0 radical (unpaired) electrons. The summed E-state index contributed by atoms with van der Waals surface area (Å²) >= 11 is 14.0. The largest absolute Gasteiger partial charge is 0.314 e. The molecule has 0 saturated heterocycles. The molecule has 0 atom stereocenters. The Kier molecular flexibility index (Phi) is 5.97. The molecule has 2 aromatic carbocycles. The van der Waals surface area contributed by atoms with Crippen LogP contribution in [0.2, 0.25) is 10.0 Å². The first kappa shape index (κ1) is 21.7. The Hall–Kier alpha value is -2.54. The van der Waals surface area contributed by atoms with E-state index in [9.17, 15) is 4.79 Å². The fraction of sp³-hybridized carbons (Fsp3) is 0.217. The minimum Gasteiger partial charge on any atom is -0.314 e. The van der Waals surface area contributed by atoms with Crippen LogP contribution in [0.25, 0.3) is 16.9 Å². The van der Waals surface area contributed by atoms with Crippen LogP contribution in [0.15, 0.2) is 63.7 Å². The number of benzene rings is 2. The topological polar surface area (TPSA) is 44.2 Å². The van der Waals surface area contributed by atoms with Crippen molar-refractivity contribution >= 4 is 40.2 Å². The maximum atomic E-state index is 13.3. The molecule has 0 aliphatic rings. The molecule has 0 amide bonds. The second kappa shape index (κ2) is 8.54. The van der Waals surface area contributed by atoms with Gasteiger partial charge in [-0.25, -0.2) is 9.67 Å². The zero-order valence-electron chi connectivity index (χ0n) is 17.6. The molecule has 0 unspecified atom stereocenters. The smallest absolute Gasteiger partial charge is 0.297 e. The number of nitrogens with zero attached hydrogens (tertiary/aromatic N) is 4. The van der Waals surface area contributed by atoms with Gasteiger partial charge in [0.25, 0.3) is 5.56 Å². The summed E-state index contributed by atoms with van der Waals surface area (Å²) in [6.07, 6.45) is 0. The van der Waals surface area contributed by atoms with Crippen LogP contribution in [0.1, 0.15) is 25.6 Å². The normalized spacial score (nSPS) is 12.2. The number of thiazole rings is 1. The third-order valence-corrected chi connectivity index (χ3v) is 6.58. The molecule has 2 aromatic heterocycles. The van der Waals surface area contributed by atoms with Crippen LogP contribution >= 0.6 is 34.5 Å². The van der Waals surface area contributed by atoms with Gasteiger partial charge in [-0.05, 0) is 51.1 Å². The fourth-order valence-corrected chi connectivity index (χ4v) is 5.10. The van der Waals surface area contributed by atoms with Gasteiger partial charge in [-0.3, -0.25) is 9.48 Å². The molecule has 5 nitrogen and oxygen atoms in total. The molecule has 31 heavy (non-hydrogen) atoms. The molecule has 8 heteroatoms. The van der Waals surface area contributed by atoms with E-state index < -0.39 is 0 Å². The maximum absolute atomic E-state index is 13.3. The van der Waals surface area contributed by atoms with E-state index in [0.29, 0.717) is 15.7 Å². The molecule has 4 rings (SSSR count). The van der Waals surface area contributed by atoms with Crippen molar-refractivity contribution in [3.05, 3.63) is 84.8 Å². The fourth-order valence-electron chi connectivity index (χ4n) is 3.57. The molecule has 0 N–H and O–H groups in total. The van der Waals surface area contributed by atoms with Crippen molar-refractivity contribution in [2.24, 2.45) is 12.0 Å². The Balaban J connectivity index is 1.93. The first-order valence-electron chi connectivity index (χ1n) is 9.83. The van der Waals surface area contributed by atoms with Gasteiger partial charge in [-0.2, -0.15) is 0 Å². The average molecular weight is 473 g/mol. The van der Waals surface area contributed by atoms with Gasteiger partial charge in [0.2, 0.25) is 0 Å². The van der Waals surface area contributed by atoms with E-state index >= 15 is 0 Å². The highest BCUT2D eigenvalue weighted by atomic mass is 35.5. The van der Waals surface area contributed by atoms with Crippen molar-refractivity contribution in [1.29, 1.82) is 0 Å². The van der Waals surface area contributed by atoms with Crippen LogP contribution in [0.4, 0.5) is 5.69 Å². The van der Waals surface area contributed by atoms with E-state index in [1.54, 1.807) is 10.7 Å². The standard InChI is InChI=1S/C23H22Cl2N4OS/c1-14(2)28-20(18-11-10-16(24)12-19(18)25)13-31-23(28)26-21-15(3)27(4)29(22(21)30)17-8-6-5-7-9-17/h5-14H,1-4H3. The van der Waals surface area contributed by atoms with Crippen molar-refractivity contribution in [3.8, 4) is 16.9 Å².